The van der Waals surface area contributed by atoms with Crippen LogP contribution in [0.3, 0.4) is 0 Å². The molecular formula is C26H30N8O2. The maximum Gasteiger partial charge on any atom is 0.180 e. The summed E-state index contributed by atoms with van der Waals surface area (Å²) in [5.41, 5.74) is 7.46. The first kappa shape index (κ1) is 23.8. The molecule has 0 aliphatic rings. The Morgan fingerprint density at radius 3 is 2.33 bits per heavy atom. The standard InChI is InChI=1S/C26H30N8O2/c1-5-19-22(15-24(35-3)36-4)33(34-26(19)27-23(6-2)30-34)16-17-11-13-18(14-12-17)20-9-7-8-10-21(20)25-28-31-32-29-25/h7-14,24H,5-6,15-16H2,1-4H3,(H,28,29,31,32). The Hall–Kier alpha value is -3.89. The third kappa shape index (κ3) is 4.40. The van der Waals surface area contributed by atoms with Crippen LogP contribution < -0.4 is 0 Å². The smallest absolute Gasteiger partial charge is 0.180 e. The second-order valence-electron chi connectivity index (χ2n) is 8.53. The Morgan fingerprint density at radius 1 is 0.944 bits per heavy atom. The molecule has 0 unspecified atom stereocenters. The summed E-state index contributed by atoms with van der Waals surface area (Å²) in [6, 6.07) is 16.6. The minimum absolute atomic E-state index is 0.344. The van der Waals surface area contributed by atoms with Gasteiger partial charge >= 0.3 is 0 Å². The predicted molar refractivity (Wildman–Crippen MR) is 135 cm³/mol. The summed E-state index contributed by atoms with van der Waals surface area (Å²) in [6.07, 6.45) is 1.90. The number of methoxy groups -OCH3 is 2. The molecule has 5 aromatic rings. The number of aromatic nitrogens is 8. The summed E-state index contributed by atoms with van der Waals surface area (Å²) in [7, 11) is 3.33. The average Bonchev–Trinajstić information content (AvgIpc) is 3.65. The van der Waals surface area contributed by atoms with Gasteiger partial charge in [-0.3, -0.25) is 4.68 Å². The van der Waals surface area contributed by atoms with E-state index in [1.165, 1.54) is 5.56 Å². The molecule has 3 aromatic heterocycles. The van der Waals surface area contributed by atoms with Crippen LogP contribution in [-0.4, -0.2) is 60.5 Å². The number of ether oxygens (including phenoxy) is 2. The highest BCUT2D eigenvalue weighted by atomic mass is 16.7. The molecular weight excluding hydrogens is 456 g/mol. The minimum atomic E-state index is -0.344. The normalized spacial score (nSPS) is 11.7. The van der Waals surface area contributed by atoms with E-state index in [1.807, 2.05) is 22.8 Å². The number of aryl methyl sites for hydroxylation is 2. The molecule has 1 N–H and O–H groups in total. The number of hydrogen-bond donors (Lipinski definition) is 1. The molecule has 0 bridgehead atoms. The van der Waals surface area contributed by atoms with Crippen LogP contribution in [0.4, 0.5) is 0 Å². The van der Waals surface area contributed by atoms with Crippen molar-refractivity contribution in [2.24, 2.45) is 0 Å². The van der Waals surface area contributed by atoms with Gasteiger partial charge in [-0.05, 0) is 33.5 Å². The second kappa shape index (κ2) is 10.4. The first-order valence-corrected chi connectivity index (χ1v) is 12.1. The van der Waals surface area contributed by atoms with Gasteiger partial charge < -0.3 is 9.47 Å². The van der Waals surface area contributed by atoms with E-state index in [9.17, 15) is 0 Å². The van der Waals surface area contributed by atoms with Gasteiger partial charge in [0.15, 0.2) is 23.6 Å². The fourth-order valence-electron chi connectivity index (χ4n) is 4.60. The van der Waals surface area contributed by atoms with E-state index in [-0.39, 0.29) is 6.29 Å². The van der Waals surface area contributed by atoms with E-state index < -0.39 is 0 Å². The van der Waals surface area contributed by atoms with Crippen LogP contribution in [0.1, 0.15) is 36.5 Å². The van der Waals surface area contributed by atoms with E-state index in [1.54, 1.807) is 14.2 Å². The van der Waals surface area contributed by atoms with Gasteiger partial charge in [-0.2, -0.15) is 4.63 Å². The molecule has 2 aromatic carbocycles. The number of hydrogen-bond acceptors (Lipinski definition) is 7. The van der Waals surface area contributed by atoms with Crippen molar-refractivity contribution in [3.63, 3.8) is 0 Å². The molecule has 0 aliphatic carbocycles. The first-order valence-electron chi connectivity index (χ1n) is 12.1. The van der Waals surface area contributed by atoms with Crippen LogP contribution in [0.15, 0.2) is 48.5 Å². The summed E-state index contributed by atoms with van der Waals surface area (Å²) < 4.78 is 15.2. The Kier molecular flexibility index (Phi) is 6.88. The van der Waals surface area contributed by atoms with Gasteiger partial charge in [-0.15, -0.1) is 10.2 Å². The lowest BCUT2D eigenvalue weighted by Gasteiger charge is -2.17. The molecule has 0 atom stereocenters. The fraction of sp³-hybridized carbons (Fsp3) is 0.346. The lowest BCUT2D eigenvalue weighted by molar-refractivity contribution is -0.101. The maximum atomic E-state index is 5.53. The summed E-state index contributed by atoms with van der Waals surface area (Å²) in [5.74, 6) is 1.48. The average molecular weight is 487 g/mol. The molecule has 0 fully saturated rings. The zero-order valence-electron chi connectivity index (χ0n) is 21.0. The number of nitrogens with zero attached hydrogens (tertiary/aromatic N) is 7. The van der Waals surface area contributed by atoms with Crippen molar-refractivity contribution >= 4 is 5.65 Å². The van der Waals surface area contributed by atoms with Crippen LogP contribution in [-0.2, 0) is 35.3 Å². The number of fused-ring (bicyclic) bond motifs is 1. The van der Waals surface area contributed by atoms with Gasteiger partial charge in [0.05, 0.1) is 6.54 Å². The molecule has 0 amide bonds. The summed E-state index contributed by atoms with van der Waals surface area (Å²) in [6.45, 7) is 4.86. The maximum absolute atomic E-state index is 5.53. The Balaban J connectivity index is 1.52. The number of tetrazole rings is 1. The number of benzene rings is 2. The number of H-pyrrole nitrogens is 1. The summed E-state index contributed by atoms with van der Waals surface area (Å²) >= 11 is 0. The Labute approximate surface area is 209 Å². The van der Waals surface area contributed by atoms with Crippen molar-refractivity contribution < 1.29 is 9.47 Å². The van der Waals surface area contributed by atoms with Crippen molar-refractivity contribution in [1.29, 1.82) is 0 Å². The highest BCUT2D eigenvalue weighted by Crippen LogP contribution is 2.30. The Bertz CT molecular complexity index is 1430. The van der Waals surface area contributed by atoms with Crippen molar-refractivity contribution in [3.05, 3.63) is 71.2 Å². The number of nitrogens with one attached hydrogen (secondary N) is 1. The van der Waals surface area contributed by atoms with Gasteiger partial charge in [0.1, 0.15) is 0 Å². The molecule has 0 saturated heterocycles. The summed E-state index contributed by atoms with van der Waals surface area (Å²) in [4.78, 5) is 4.80. The van der Waals surface area contributed by atoms with Crippen LogP contribution >= 0.6 is 0 Å². The third-order valence-corrected chi connectivity index (χ3v) is 6.47. The molecule has 0 spiro atoms. The SMILES string of the molecule is CCc1nc2c(CC)c(CC(OC)OC)n(Cc3ccc(-c4ccccc4-c4nnn[nH]4)cc3)n2n1. The molecule has 10 heteroatoms. The van der Waals surface area contributed by atoms with Gasteiger partial charge in [0.25, 0.3) is 0 Å². The van der Waals surface area contributed by atoms with E-state index in [2.05, 4.69) is 69.5 Å². The van der Waals surface area contributed by atoms with E-state index in [4.69, 9.17) is 19.6 Å². The van der Waals surface area contributed by atoms with Crippen molar-refractivity contribution in [1.82, 2.24) is 40.0 Å². The zero-order valence-corrected chi connectivity index (χ0v) is 21.0. The van der Waals surface area contributed by atoms with Crippen molar-refractivity contribution in [2.45, 2.75) is 45.9 Å². The second-order valence-corrected chi connectivity index (χ2v) is 8.53. The molecule has 36 heavy (non-hydrogen) atoms. The van der Waals surface area contributed by atoms with Crippen LogP contribution in [0.2, 0.25) is 0 Å². The number of rotatable bonds is 10. The highest BCUT2D eigenvalue weighted by molar-refractivity contribution is 5.80. The largest absolute Gasteiger partial charge is 0.356 e. The molecule has 10 nitrogen and oxygen atoms in total. The predicted octanol–water partition coefficient (Wildman–Crippen LogP) is 3.71. The Morgan fingerprint density at radius 2 is 1.69 bits per heavy atom. The van der Waals surface area contributed by atoms with Crippen molar-refractivity contribution in [3.8, 4) is 22.5 Å². The third-order valence-electron chi connectivity index (χ3n) is 6.47. The van der Waals surface area contributed by atoms with E-state index in [0.29, 0.717) is 18.8 Å². The van der Waals surface area contributed by atoms with Gasteiger partial charge in [-0.1, -0.05) is 62.4 Å². The first-order chi connectivity index (χ1) is 17.7. The highest BCUT2D eigenvalue weighted by Gasteiger charge is 2.23. The van der Waals surface area contributed by atoms with Gasteiger partial charge in [-0.25, -0.2) is 10.1 Å². The van der Waals surface area contributed by atoms with Crippen LogP contribution in [0.25, 0.3) is 28.2 Å². The topological polar surface area (TPSA) is 108 Å². The van der Waals surface area contributed by atoms with E-state index in [0.717, 1.165) is 52.3 Å². The van der Waals surface area contributed by atoms with E-state index >= 15 is 0 Å². The number of aromatic amines is 1. The molecule has 186 valence electrons. The summed E-state index contributed by atoms with van der Waals surface area (Å²) in [5, 5.41) is 19.2. The monoisotopic (exact) mass is 486 g/mol. The van der Waals surface area contributed by atoms with Gasteiger partial charge in [0.2, 0.25) is 0 Å². The molecule has 3 heterocycles. The minimum Gasteiger partial charge on any atom is -0.356 e. The fourth-order valence-corrected chi connectivity index (χ4v) is 4.60. The quantitative estimate of drug-likeness (QED) is 0.300. The van der Waals surface area contributed by atoms with Crippen molar-refractivity contribution in [2.75, 3.05) is 14.2 Å². The van der Waals surface area contributed by atoms with Crippen LogP contribution in [0, 0.1) is 0 Å². The molecule has 0 saturated carbocycles. The molecule has 5 rings (SSSR count). The molecule has 0 radical (unpaired) electrons. The lowest BCUT2D eigenvalue weighted by Crippen LogP contribution is -2.21. The molecule has 0 aliphatic heterocycles. The zero-order chi connectivity index (χ0) is 25.1. The van der Waals surface area contributed by atoms with Crippen LogP contribution in [0.5, 0.6) is 0 Å². The lowest BCUT2D eigenvalue weighted by atomic mass is 9.98. The van der Waals surface area contributed by atoms with Gasteiger partial charge in [0, 0.05) is 43.9 Å².